The van der Waals surface area contributed by atoms with Crippen LogP contribution in [-0.2, 0) is 18.5 Å². The first-order valence-electron chi connectivity index (χ1n) is 7.49. The Hall–Kier alpha value is -0.790. The number of hydrogen-bond donors (Lipinski definition) is 0. The third kappa shape index (κ3) is 3.41. The summed E-state index contributed by atoms with van der Waals surface area (Å²) in [6.07, 6.45) is 3.00. The lowest BCUT2D eigenvalue weighted by atomic mass is 9.97. The van der Waals surface area contributed by atoms with Crippen LogP contribution in [0.25, 0.3) is 21.9 Å². The summed E-state index contributed by atoms with van der Waals surface area (Å²) in [4.78, 5) is 0. The van der Waals surface area contributed by atoms with Crippen LogP contribution in [0.5, 0.6) is 0 Å². The Morgan fingerprint density at radius 1 is 0.500 bits per heavy atom. The van der Waals surface area contributed by atoms with E-state index in [9.17, 15) is 0 Å². The molecule has 112 valence electrons. The van der Waals surface area contributed by atoms with E-state index in [1.54, 1.807) is 0 Å². The van der Waals surface area contributed by atoms with E-state index >= 15 is 0 Å². The van der Waals surface area contributed by atoms with Crippen LogP contribution in [0.15, 0.2) is 54.6 Å². The molecule has 0 heterocycles. The highest BCUT2D eigenvalue weighted by Gasteiger charge is 2.04. The molecule has 3 heteroatoms. The van der Waals surface area contributed by atoms with Crippen LogP contribution < -0.4 is 0 Å². The Kier molecular flexibility index (Phi) is 5.25. The van der Waals surface area contributed by atoms with E-state index in [2.05, 4.69) is 82.3 Å². The zero-order chi connectivity index (χ0) is 15.5. The molecule has 0 amide bonds. The summed E-state index contributed by atoms with van der Waals surface area (Å²) in [5.41, 5.74) is 6.72. The van der Waals surface area contributed by atoms with Crippen molar-refractivity contribution in [3.05, 3.63) is 71.3 Å². The maximum Gasteiger partial charge on any atom is -0.0128 e. The molecule has 3 rings (SSSR count). The molecular weight excluding hydrogens is 321 g/mol. The SMILES string of the molecule is PCc1cc(CP)cc(-c2ccc3cc(CP)ccc3c2)c1. The van der Waals surface area contributed by atoms with Crippen LogP contribution in [0.1, 0.15) is 16.7 Å². The summed E-state index contributed by atoms with van der Waals surface area (Å²) < 4.78 is 0. The Morgan fingerprint density at radius 3 is 1.73 bits per heavy atom. The van der Waals surface area contributed by atoms with Crippen molar-refractivity contribution < 1.29 is 0 Å². The van der Waals surface area contributed by atoms with E-state index in [-0.39, 0.29) is 0 Å². The monoisotopic (exact) mass is 342 g/mol. The molecule has 0 aliphatic heterocycles. The van der Waals surface area contributed by atoms with Crippen molar-refractivity contribution in [2.24, 2.45) is 0 Å². The zero-order valence-corrected chi connectivity index (χ0v) is 16.0. The molecule has 0 aliphatic rings. The average molecular weight is 342 g/mol. The van der Waals surface area contributed by atoms with Crippen LogP contribution in [0.2, 0.25) is 0 Å². The Morgan fingerprint density at radius 2 is 1.09 bits per heavy atom. The molecule has 3 aromatic rings. The van der Waals surface area contributed by atoms with Gasteiger partial charge in [0.05, 0.1) is 0 Å². The van der Waals surface area contributed by atoms with Gasteiger partial charge in [-0.2, -0.15) is 0 Å². The molecule has 22 heavy (non-hydrogen) atoms. The van der Waals surface area contributed by atoms with Gasteiger partial charge in [-0.3, -0.25) is 0 Å². The lowest BCUT2D eigenvalue weighted by molar-refractivity contribution is 1.33. The number of fused-ring (bicyclic) bond motifs is 1. The first-order valence-corrected chi connectivity index (χ1v) is 9.94. The van der Waals surface area contributed by atoms with Gasteiger partial charge < -0.3 is 0 Å². The fraction of sp³-hybridized carbons (Fsp3) is 0.158. The predicted octanol–water partition coefficient (Wildman–Crippen LogP) is 5.63. The summed E-state index contributed by atoms with van der Waals surface area (Å²) in [6.45, 7) is 0. The Labute approximate surface area is 139 Å². The van der Waals surface area contributed by atoms with E-state index in [0.29, 0.717) is 0 Å². The normalized spacial score (nSPS) is 11.0. The van der Waals surface area contributed by atoms with Gasteiger partial charge in [-0.05, 0) is 63.1 Å². The van der Waals surface area contributed by atoms with Gasteiger partial charge in [0.1, 0.15) is 0 Å². The Bertz CT molecular complexity index is 787. The van der Waals surface area contributed by atoms with E-state index in [0.717, 1.165) is 18.5 Å². The predicted molar refractivity (Wildman–Crippen MR) is 110 cm³/mol. The first-order chi connectivity index (χ1) is 10.7. The summed E-state index contributed by atoms with van der Waals surface area (Å²) >= 11 is 0. The molecule has 0 nitrogen and oxygen atoms in total. The molecule has 0 spiro atoms. The average Bonchev–Trinajstić information content (AvgIpc) is 2.60. The molecule has 0 radical (unpaired) electrons. The van der Waals surface area contributed by atoms with Crippen molar-refractivity contribution in [3.8, 4) is 11.1 Å². The quantitative estimate of drug-likeness (QED) is 0.539. The molecule has 0 bridgehead atoms. The third-order valence-electron chi connectivity index (χ3n) is 4.00. The second kappa shape index (κ2) is 7.19. The largest absolute Gasteiger partial charge is 0.133 e. The molecule has 0 N–H and O–H groups in total. The maximum absolute atomic E-state index is 2.82. The van der Waals surface area contributed by atoms with Crippen molar-refractivity contribution in [3.63, 3.8) is 0 Å². The number of rotatable bonds is 4. The zero-order valence-electron chi connectivity index (χ0n) is 12.5. The van der Waals surface area contributed by atoms with Crippen molar-refractivity contribution >= 4 is 38.5 Å². The van der Waals surface area contributed by atoms with Gasteiger partial charge in [-0.15, -0.1) is 27.7 Å². The third-order valence-corrected chi connectivity index (χ3v) is 5.41. The first kappa shape index (κ1) is 16.1. The molecule has 3 aromatic carbocycles. The lowest BCUT2D eigenvalue weighted by Crippen LogP contribution is -1.87. The van der Waals surface area contributed by atoms with Crippen LogP contribution >= 0.6 is 27.7 Å². The molecule has 0 aromatic heterocycles. The fourth-order valence-corrected chi connectivity index (χ4v) is 3.49. The lowest BCUT2D eigenvalue weighted by Gasteiger charge is -2.09. The van der Waals surface area contributed by atoms with Crippen molar-refractivity contribution in [1.29, 1.82) is 0 Å². The summed E-state index contributed by atoms with van der Waals surface area (Å²) in [5.74, 6) is 0. The maximum atomic E-state index is 2.82. The van der Waals surface area contributed by atoms with Crippen molar-refractivity contribution in [2.45, 2.75) is 18.5 Å². The summed E-state index contributed by atoms with van der Waals surface area (Å²) in [6, 6.07) is 20.4. The van der Waals surface area contributed by atoms with Crippen molar-refractivity contribution in [1.82, 2.24) is 0 Å². The highest BCUT2D eigenvalue weighted by Crippen LogP contribution is 2.28. The van der Waals surface area contributed by atoms with Gasteiger partial charge >= 0.3 is 0 Å². The standard InChI is InChI=1S/C19H21P3/c20-10-13-1-2-17-9-18(4-3-16(17)6-13)19-7-14(11-21)5-15(8-19)12-22/h1-9H,10-12,20-22H2. The van der Waals surface area contributed by atoms with Gasteiger partial charge in [0.25, 0.3) is 0 Å². The van der Waals surface area contributed by atoms with Crippen molar-refractivity contribution in [2.75, 3.05) is 0 Å². The smallest absolute Gasteiger partial charge is 0.0128 e. The van der Waals surface area contributed by atoms with Gasteiger partial charge in [0, 0.05) is 0 Å². The molecule has 0 saturated carbocycles. The second-order valence-electron chi connectivity index (χ2n) is 5.55. The number of benzene rings is 3. The Balaban J connectivity index is 2.10. The summed E-state index contributed by atoms with van der Waals surface area (Å²) in [5, 5.41) is 2.63. The van der Waals surface area contributed by atoms with Crippen LogP contribution in [0, 0.1) is 0 Å². The minimum atomic E-state index is 0.997. The van der Waals surface area contributed by atoms with Gasteiger partial charge in [0.15, 0.2) is 0 Å². The topological polar surface area (TPSA) is 0 Å². The highest BCUT2D eigenvalue weighted by atomic mass is 31.0. The van der Waals surface area contributed by atoms with E-state index in [1.165, 1.54) is 38.6 Å². The van der Waals surface area contributed by atoms with E-state index < -0.39 is 0 Å². The molecule has 0 fully saturated rings. The number of hydrogen-bond acceptors (Lipinski definition) is 0. The van der Waals surface area contributed by atoms with Crippen LogP contribution in [-0.4, -0.2) is 0 Å². The minimum absolute atomic E-state index is 0.997. The molecular formula is C19H21P3. The molecule has 0 aliphatic carbocycles. The summed E-state index contributed by atoms with van der Waals surface area (Å²) in [7, 11) is 8.43. The molecule has 0 saturated heterocycles. The van der Waals surface area contributed by atoms with E-state index in [4.69, 9.17) is 0 Å². The van der Waals surface area contributed by atoms with E-state index in [1.807, 2.05) is 0 Å². The van der Waals surface area contributed by atoms with Gasteiger partial charge in [0.2, 0.25) is 0 Å². The highest BCUT2D eigenvalue weighted by molar-refractivity contribution is 7.15. The molecule has 3 unspecified atom stereocenters. The molecule has 3 atom stereocenters. The van der Waals surface area contributed by atoms with Gasteiger partial charge in [-0.25, -0.2) is 0 Å². The van der Waals surface area contributed by atoms with Crippen LogP contribution in [0.3, 0.4) is 0 Å². The fourth-order valence-electron chi connectivity index (χ4n) is 2.77. The van der Waals surface area contributed by atoms with Gasteiger partial charge in [-0.1, -0.05) is 48.5 Å². The minimum Gasteiger partial charge on any atom is -0.133 e. The second-order valence-corrected chi connectivity index (χ2v) is 6.77. The van der Waals surface area contributed by atoms with Crippen LogP contribution in [0.4, 0.5) is 0 Å².